The largest absolute Gasteiger partial charge is 0.480 e. The Balaban J connectivity index is 1.48. The molecule has 1 aliphatic carbocycles. The Labute approximate surface area is 191 Å². The monoisotopic (exact) mass is 454 g/mol. The van der Waals surface area contributed by atoms with Crippen molar-refractivity contribution in [3.63, 3.8) is 0 Å². The minimum Gasteiger partial charge on any atom is -0.480 e. The van der Waals surface area contributed by atoms with Crippen LogP contribution < -0.4 is 5.32 Å². The zero-order valence-electron chi connectivity index (χ0n) is 18.9. The van der Waals surface area contributed by atoms with E-state index in [9.17, 15) is 23.9 Å². The molecule has 2 aromatic carbocycles. The van der Waals surface area contributed by atoms with Crippen LogP contribution in [0.4, 0.5) is 4.39 Å². The van der Waals surface area contributed by atoms with Crippen LogP contribution in [0.2, 0.25) is 0 Å². The van der Waals surface area contributed by atoms with E-state index in [0.29, 0.717) is 5.56 Å². The summed E-state index contributed by atoms with van der Waals surface area (Å²) in [4.78, 5) is 38.0. The Hall–Kier alpha value is -3.26. The molecule has 2 atom stereocenters. The molecule has 1 heterocycles. The van der Waals surface area contributed by atoms with Crippen molar-refractivity contribution in [2.24, 2.45) is 0 Å². The molecule has 2 aliphatic rings. The number of ether oxygens (including phenoxy) is 1. The lowest BCUT2D eigenvalue weighted by Crippen LogP contribution is -2.46. The fourth-order valence-electron chi connectivity index (χ4n) is 5.00. The molecular weight excluding hydrogens is 427 g/mol. The molecule has 1 aliphatic heterocycles. The number of hydrogen-bond acceptors (Lipinski definition) is 4. The highest BCUT2D eigenvalue weighted by Crippen LogP contribution is 2.48. The minimum absolute atomic E-state index is 0.181. The maximum atomic E-state index is 14.8. The number of aliphatic carboxylic acids is 1. The van der Waals surface area contributed by atoms with Crippen LogP contribution in [-0.2, 0) is 19.7 Å². The number of benzene rings is 2. The molecule has 33 heavy (non-hydrogen) atoms. The fourth-order valence-corrected chi connectivity index (χ4v) is 5.00. The molecule has 0 aromatic heterocycles. The Bertz CT molecular complexity index is 1130. The molecule has 2 amide bonds. The number of likely N-dealkylation sites (tertiary alicyclic amines) is 1. The third-order valence-electron chi connectivity index (χ3n) is 6.64. The van der Waals surface area contributed by atoms with Gasteiger partial charge in [-0.25, -0.2) is 9.18 Å². The molecule has 8 heteroatoms. The summed E-state index contributed by atoms with van der Waals surface area (Å²) in [5.74, 6) is -2.40. The van der Waals surface area contributed by atoms with E-state index in [4.69, 9.17) is 4.74 Å². The van der Waals surface area contributed by atoms with Gasteiger partial charge in [-0.15, -0.1) is 0 Å². The number of rotatable bonds is 6. The molecule has 0 unspecified atom stereocenters. The van der Waals surface area contributed by atoms with Crippen LogP contribution in [0.15, 0.2) is 42.5 Å². The molecule has 4 rings (SSSR count). The van der Waals surface area contributed by atoms with Crippen molar-refractivity contribution < 1.29 is 28.6 Å². The van der Waals surface area contributed by atoms with Crippen molar-refractivity contribution in [2.75, 3.05) is 26.8 Å². The van der Waals surface area contributed by atoms with E-state index in [2.05, 4.69) is 25.2 Å². The SMILES string of the molecule is COC[C@@]1(F)C[C@@H](C(=O)O)N(C(=O)CNC(=O)c2ccc3c(c2)-c2ccccc2C3(C)C)C1. The summed E-state index contributed by atoms with van der Waals surface area (Å²) in [6.45, 7) is 3.15. The van der Waals surface area contributed by atoms with Gasteiger partial charge in [0.25, 0.3) is 5.91 Å². The Morgan fingerprint density at radius 1 is 1.15 bits per heavy atom. The number of amides is 2. The Kier molecular flexibility index (Phi) is 5.74. The van der Waals surface area contributed by atoms with Gasteiger partial charge in [-0.3, -0.25) is 9.59 Å². The number of fused-ring (bicyclic) bond motifs is 3. The van der Waals surface area contributed by atoms with E-state index >= 15 is 0 Å². The third-order valence-corrected chi connectivity index (χ3v) is 6.64. The van der Waals surface area contributed by atoms with Crippen molar-refractivity contribution in [3.05, 3.63) is 59.2 Å². The first kappa shape index (κ1) is 22.9. The predicted molar refractivity (Wildman–Crippen MR) is 120 cm³/mol. The van der Waals surface area contributed by atoms with Gasteiger partial charge < -0.3 is 20.1 Å². The van der Waals surface area contributed by atoms with Gasteiger partial charge in [0, 0.05) is 24.5 Å². The molecule has 0 bridgehead atoms. The van der Waals surface area contributed by atoms with Crippen molar-refractivity contribution in [1.29, 1.82) is 0 Å². The molecule has 0 spiro atoms. The predicted octanol–water partition coefficient (Wildman–Crippen LogP) is 2.76. The Morgan fingerprint density at radius 2 is 1.85 bits per heavy atom. The third kappa shape index (κ3) is 3.99. The van der Waals surface area contributed by atoms with Crippen molar-refractivity contribution >= 4 is 17.8 Å². The number of carbonyl (C=O) groups excluding carboxylic acids is 2. The van der Waals surface area contributed by atoms with Gasteiger partial charge >= 0.3 is 5.97 Å². The summed E-state index contributed by atoms with van der Waals surface area (Å²) >= 11 is 0. The summed E-state index contributed by atoms with van der Waals surface area (Å²) in [7, 11) is 1.32. The highest BCUT2D eigenvalue weighted by atomic mass is 19.1. The van der Waals surface area contributed by atoms with Crippen molar-refractivity contribution in [1.82, 2.24) is 10.2 Å². The number of carbonyl (C=O) groups is 3. The first-order chi connectivity index (χ1) is 15.6. The molecule has 2 N–H and O–H groups in total. The van der Waals surface area contributed by atoms with Crippen molar-refractivity contribution in [2.45, 2.75) is 37.4 Å². The summed E-state index contributed by atoms with van der Waals surface area (Å²) < 4.78 is 19.7. The van der Waals surface area contributed by atoms with E-state index < -0.39 is 42.6 Å². The van der Waals surface area contributed by atoms with E-state index in [0.717, 1.165) is 21.6 Å². The molecule has 2 aromatic rings. The number of carboxylic acids is 1. The standard InChI is InChI=1S/C25H27FN2O5/c1-24(2)18-7-5-4-6-16(18)17-10-15(8-9-19(17)24)22(30)27-12-21(29)28-13-25(26,14-33-3)11-20(28)23(31)32/h4-10,20H,11-14H2,1-3H3,(H,27,30)(H,31,32)/t20-,25+/m0/s1. The molecule has 0 radical (unpaired) electrons. The zero-order valence-corrected chi connectivity index (χ0v) is 18.9. The number of carboxylic acid groups (broad SMARTS) is 1. The maximum absolute atomic E-state index is 14.8. The van der Waals surface area contributed by atoms with Gasteiger partial charge in [-0.1, -0.05) is 44.2 Å². The lowest BCUT2D eigenvalue weighted by Gasteiger charge is -2.22. The molecule has 1 fully saturated rings. The summed E-state index contributed by atoms with van der Waals surface area (Å²) in [5.41, 5.74) is 2.63. The van der Waals surface area contributed by atoms with Crippen molar-refractivity contribution in [3.8, 4) is 11.1 Å². The number of nitrogens with zero attached hydrogens (tertiary/aromatic N) is 1. The normalized spacial score (nSPS) is 22.5. The number of methoxy groups -OCH3 is 1. The van der Waals surface area contributed by atoms with E-state index in [1.807, 2.05) is 30.3 Å². The zero-order chi connectivity index (χ0) is 24.0. The molecule has 174 valence electrons. The van der Waals surface area contributed by atoms with Gasteiger partial charge in [-0.2, -0.15) is 0 Å². The minimum atomic E-state index is -1.93. The number of hydrogen-bond donors (Lipinski definition) is 2. The highest BCUT2D eigenvalue weighted by Gasteiger charge is 2.49. The van der Waals surface area contributed by atoms with Gasteiger partial charge in [0.1, 0.15) is 6.04 Å². The Morgan fingerprint density at radius 3 is 2.55 bits per heavy atom. The average molecular weight is 454 g/mol. The van der Waals surface area contributed by atoms with Gasteiger partial charge in [0.05, 0.1) is 19.7 Å². The van der Waals surface area contributed by atoms with Crippen LogP contribution in [0.5, 0.6) is 0 Å². The number of alkyl halides is 1. The average Bonchev–Trinajstić information content (AvgIpc) is 3.25. The van der Waals surface area contributed by atoms with E-state index in [1.54, 1.807) is 6.07 Å². The highest BCUT2D eigenvalue weighted by molar-refractivity contribution is 5.99. The summed E-state index contributed by atoms with van der Waals surface area (Å²) in [5, 5.41) is 12.0. The van der Waals surface area contributed by atoms with Gasteiger partial charge in [0.2, 0.25) is 5.91 Å². The second kappa shape index (κ2) is 8.26. The quantitative estimate of drug-likeness (QED) is 0.700. The van der Waals surface area contributed by atoms with E-state index in [-0.39, 0.29) is 18.4 Å². The molecule has 7 nitrogen and oxygen atoms in total. The molecular formula is C25H27FN2O5. The van der Waals surface area contributed by atoms with Gasteiger partial charge in [0.15, 0.2) is 5.67 Å². The van der Waals surface area contributed by atoms with Crippen LogP contribution in [0, 0.1) is 0 Å². The fraction of sp³-hybridized carbons (Fsp3) is 0.400. The van der Waals surface area contributed by atoms with Crippen LogP contribution in [0.3, 0.4) is 0 Å². The van der Waals surface area contributed by atoms with Crippen LogP contribution >= 0.6 is 0 Å². The van der Waals surface area contributed by atoms with Crippen LogP contribution in [0.1, 0.15) is 41.8 Å². The molecule has 0 saturated carbocycles. The second-order valence-corrected chi connectivity index (χ2v) is 9.28. The van der Waals surface area contributed by atoms with E-state index in [1.165, 1.54) is 12.7 Å². The van der Waals surface area contributed by atoms with Crippen LogP contribution in [-0.4, -0.2) is 66.3 Å². The summed E-state index contributed by atoms with van der Waals surface area (Å²) in [6.07, 6.45) is -0.351. The topological polar surface area (TPSA) is 95.9 Å². The van der Waals surface area contributed by atoms with Gasteiger partial charge in [-0.05, 0) is 34.4 Å². The smallest absolute Gasteiger partial charge is 0.326 e. The lowest BCUT2D eigenvalue weighted by atomic mass is 9.82. The first-order valence-electron chi connectivity index (χ1n) is 10.8. The number of halogens is 1. The molecule has 1 saturated heterocycles. The van der Waals surface area contributed by atoms with Crippen LogP contribution in [0.25, 0.3) is 11.1 Å². The number of nitrogens with one attached hydrogen (secondary N) is 1. The lowest BCUT2D eigenvalue weighted by molar-refractivity contribution is -0.147. The first-order valence-corrected chi connectivity index (χ1v) is 10.8. The maximum Gasteiger partial charge on any atom is 0.326 e. The summed E-state index contributed by atoms with van der Waals surface area (Å²) in [6, 6.07) is 12.2. The second-order valence-electron chi connectivity index (χ2n) is 9.28.